The van der Waals surface area contributed by atoms with Crippen LogP contribution < -0.4 is 25.2 Å². The monoisotopic (exact) mass is 464 g/mol. The predicted octanol–water partition coefficient (Wildman–Crippen LogP) is 5.30. The van der Waals surface area contributed by atoms with Gasteiger partial charge < -0.3 is 19.8 Å². The molecule has 35 heavy (non-hydrogen) atoms. The summed E-state index contributed by atoms with van der Waals surface area (Å²) in [5.74, 6) is 1.64. The number of nitrogens with zero attached hydrogens (tertiary/aromatic N) is 2. The summed E-state index contributed by atoms with van der Waals surface area (Å²) < 4.78 is 12.1. The van der Waals surface area contributed by atoms with Crippen LogP contribution in [0, 0.1) is 0 Å². The number of fused-ring (bicyclic) bond motifs is 4. The number of aromatic nitrogens is 2. The Morgan fingerprint density at radius 1 is 1.00 bits per heavy atom. The van der Waals surface area contributed by atoms with Crippen molar-refractivity contribution in [1.29, 1.82) is 0 Å². The van der Waals surface area contributed by atoms with Crippen LogP contribution in [0.2, 0.25) is 0 Å². The third-order valence-electron chi connectivity index (χ3n) is 5.88. The molecule has 3 aromatic carbocycles. The third kappa shape index (κ3) is 3.80. The van der Waals surface area contributed by atoms with E-state index in [0.29, 0.717) is 52.5 Å². The first kappa shape index (κ1) is 20.7. The normalized spacial score (nSPS) is 12.7. The summed E-state index contributed by atoms with van der Waals surface area (Å²) in [5.41, 5.74) is 1.63. The van der Waals surface area contributed by atoms with E-state index in [1.165, 1.54) is 0 Å². The zero-order valence-electron chi connectivity index (χ0n) is 18.5. The zero-order chi connectivity index (χ0) is 23.8. The maximum Gasteiger partial charge on any atom is 0.326 e. The van der Waals surface area contributed by atoms with Crippen molar-refractivity contribution >= 4 is 39.2 Å². The lowest BCUT2D eigenvalue weighted by Crippen LogP contribution is -2.40. The molecule has 172 valence electrons. The van der Waals surface area contributed by atoms with Gasteiger partial charge in [0.1, 0.15) is 29.5 Å². The Bertz CT molecular complexity index is 1630. The summed E-state index contributed by atoms with van der Waals surface area (Å²) in [6.45, 7) is 0.795. The maximum absolute atomic E-state index is 12.9. The number of nitrogens with one attached hydrogen (secondary N) is 2. The molecule has 8 heteroatoms. The van der Waals surface area contributed by atoms with Gasteiger partial charge in [-0.25, -0.2) is 9.78 Å². The largest absolute Gasteiger partial charge is 0.489 e. The maximum atomic E-state index is 12.9. The van der Waals surface area contributed by atoms with Gasteiger partial charge in [0, 0.05) is 28.7 Å². The molecule has 0 bridgehead atoms. The lowest BCUT2D eigenvalue weighted by Gasteiger charge is -2.29. The number of amides is 2. The SMILES string of the molecule is O=C(Nc1ccccc1)N1CCOc2cc(Oc3ccnc4[nH]c(=O)c5ccccc5c34)ccc21. The minimum Gasteiger partial charge on any atom is -0.489 e. The van der Waals surface area contributed by atoms with Crippen molar-refractivity contribution in [1.82, 2.24) is 9.97 Å². The Balaban J connectivity index is 1.34. The molecule has 8 nitrogen and oxygen atoms in total. The second kappa shape index (κ2) is 8.49. The van der Waals surface area contributed by atoms with Gasteiger partial charge in [0.15, 0.2) is 0 Å². The minimum atomic E-state index is -0.232. The highest BCUT2D eigenvalue weighted by molar-refractivity contribution is 6.07. The Kier molecular flexibility index (Phi) is 5.03. The van der Waals surface area contributed by atoms with Crippen molar-refractivity contribution in [2.75, 3.05) is 23.4 Å². The molecule has 2 amide bonds. The number of H-pyrrole nitrogens is 1. The number of hydrogen-bond donors (Lipinski definition) is 2. The molecule has 0 aliphatic carbocycles. The van der Waals surface area contributed by atoms with Crippen molar-refractivity contribution in [2.45, 2.75) is 0 Å². The molecule has 0 unspecified atom stereocenters. The van der Waals surface area contributed by atoms with E-state index in [4.69, 9.17) is 9.47 Å². The fourth-order valence-electron chi connectivity index (χ4n) is 4.27. The van der Waals surface area contributed by atoms with E-state index in [9.17, 15) is 9.59 Å². The van der Waals surface area contributed by atoms with Crippen LogP contribution in [0.4, 0.5) is 16.2 Å². The van der Waals surface area contributed by atoms with Crippen LogP contribution in [0.15, 0.2) is 89.9 Å². The van der Waals surface area contributed by atoms with Crippen molar-refractivity contribution < 1.29 is 14.3 Å². The Labute approximate surface area is 199 Å². The highest BCUT2D eigenvalue weighted by Crippen LogP contribution is 2.38. The summed E-state index contributed by atoms with van der Waals surface area (Å²) in [5, 5.41) is 4.94. The number of anilines is 2. The summed E-state index contributed by atoms with van der Waals surface area (Å²) in [6, 6.07) is 23.5. The van der Waals surface area contributed by atoms with Gasteiger partial charge >= 0.3 is 6.03 Å². The van der Waals surface area contributed by atoms with Gasteiger partial charge in [-0.1, -0.05) is 36.4 Å². The van der Waals surface area contributed by atoms with Crippen LogP contribution in [-0.2, 0) is 0 Å². The quantitative estimate of drug-likeness (QED) is 0.353. The molecule has 6 rings (SSSR count). The molecular formula is C27H20N4O4. The number of para-hydroxylation sites is 1. The van der Waals surface area contributed by atoms with E-state index in [2.05, 4.69) is 15.3 Å². The molecule has 2 aromatic heterocycles. The predicted molar refractivity (Wildman–Crippen MR) is 135 cm³/mol. The molecule has 0 spiro atoms. The highest BCUT2D eigenvalue weighted by atomic mass is 16.5. The second-order valence-corrected chi connectivity index (χ2v) is 8.06. The average Bonchev–Trinajstić information content (AvgIpc) is 2.89. The average molecular weight is 464 g/mol. The van der Waals surface area contributed by atoms with E-state index in [1.807, 2.05) is 48.5 Å². The first-order chi connectivity index (χ1) is 17.2. The summed E-state index contributed by atoms with van der Waals surface area (Å²) >= 11 is 0. The lowest BCUT2D eigenvalue weighted by atomic mass is 10.1. The number of benzene rings is 3. The van der Waals surface area contributed by atoms with E-state index >= 15 is 0 Å². The number of aromatic amines is 1. The molecule has 1 aliphatic heterocycles. The molecule has 2 N–H and O–H groups in total. The van der Waals surface area contributed by atoms with Crippen molar-refractivity contribution in [3.63, 3.8) is 0 Å². The summed E-state index contributed by atoms with van der Waals surface area (Å²) in [4.78, 5) is 34.1. The second-order valence-electron chi connectivity index (χ2n) is 8.06. The number of pyridine rings is 2. The number of urea groups is 1. The molecule has 5 aromatic rings. The molecule has 1 aliphatic rings. The van der Waals surface area contributed by atoms with Gasteiger partial charge in [0.05, 0.1) is 17.6 Å². The van der Waals surface area contributed by atoms with Gasteiger partial charge in [-0.3, -0.25) is 9.69 Å². The van der Waals surface area contributed by atoms with Crippen LogP contribution in [0.5, 0.6) is 17.2 Å². The number of hydrogen-bond acceptors (Lipinski definition) is 5. The summed E-state index contributed by atoms with van der Waals surface area (Å²) in [6.07, 6.45) is 1.59. The minimum absolute atomic E-state index is 0.200. The first-order valence-corrected chi connectivity index (χ1v) is 11.2. The number of ether oxygens (including phenoxy) is 2. The highest BCUT2D eigenvalue weighted by Gasteiger charge is 2.24. The van der Waals surface area contributed by atoms with Crippen LogP contribution >= 0.6 is 0 Å². The smallest absolute Gasteiger partial charge is 0.326 e. The molecule has 0 saturated heterocycles. The van der Waals surface area contributed by atoms with Crippen LogP contribution in [0.1, 0.15) is 0 Å². The van der Waals surface area contributed by atoms with Crippen molar-refractivity contribution in [3.8, 4) is 17.2 Å². The Morgan fingerprint density at radius 3 is 2.66 bits per heavy atom. The standard InChI is InChI=1S/C27H20N4O4/c32-26-20-9-5-4-8-19(20)24-22(12-13-28-25(24)30-26)35-18-10-11-21-23(16-18)34-15-14-31(21)27(33)29-17-6-2-1-3-7-17/h1-13,16H,14-15H2,(H,29,33)(H,28,30,32). The van der Waals surface area contributed by atoms with Gasteiger partial charge in [0.25, 0.3) is 5.56 Å². The molecule has 0 atom stereocenters. The molecule has 0 saturated carbocycles. The topological polar surface area (TPSA) is 96.6 Å². The summed E-state index contributed by atoms with van der Waals surface area (Å²) in [7, 11) is 0. The number of carbonyl (C=O) groups excluding carboxylic acids is 1. The molecule has 3 heterocycles. The van der Waals surface area contributed by atoms with Crippen molar-refractivity contribution in [2.24, 2.45) is 0 Å². The van der Waals surface area contributed by atoms with Gasteiger partial charge in [0.2, 0.25) is 0 Å². The van der Waals surface area contributed by atoms with Crippen LogP contribution in [0.25, 0.3) is 21.8 Å². The van der Waals surface area contributed by atoms with Crippen LogP contribution in [-0.4, -0.2) is 29.2 Å². The molecular weight excluding hydrogens is 444 g/mol. The van der Waals surface area contributed by atoms with E-state index in [-0.39, 0.29) is 11.6 Å². The Morgan fingerprint density at radius 2 is 1.80 bits per heavy atom. The van der Waals surface area contributed by atoms with Gasteiger partial charge in [-0.15, -0.1) is 0 Å². The van der Waals surface area contributed by atoms with E-state index in [0.717, 1.165) is 11.1 Å². The fraction of sp³-hybridized carbons (Fsp3) is 0.0741. The third-order valence-corrected chi connectivity index (χ3v) is 5.88. The lowest BCUT2D eigenvalue weighted by molar-refractivity contribution is 0.250. The zero-order valence-corrected chi connectivity index (χ0v) is 18.5. The fourth-order valence-corrected chi connectivity index (χ4v) is 4.27. The first-order valence-electron chi connectivity index (χ1n) is 11.2. The number of rotatable bonds is 3. The Hall–Kier alpha value is -4.85. The van der Waals surface area contributed by atoms with Gasteiger partial charge in [-0.2, -0.15) is 0 Å². The molecule has 0 radical (unpaired) electrons. The van der Waals surface area contributed by atoms with Crippen molar-refractivity contribution in [3.05, 3.63) is 95.4 Å². The van der Waals surface area contributed by atoms with Crippen LogP contribution in [0.3, 0.4) is 0 Å². The van der Waals surface area contributed by atoms with Gasteiger partial charge in [-0.05, 0) is 36.4 Å². The number of carbonyl (C=O) groups is 1. The van der Waals surface area contributed by atoms with E-state index in [1.54, 1.807) is 41.4 Å². The van der Waals surface area contributed by atoms with E-state index < -0.39 is 0 Å². The molecule has 0 fully saturated rings.